The van der Waals surface area contributed by atoms with Gasteiger partial charge in [-0.3, -0.25) is 0 Å². The summed E-state index contributed by atoms with van der Waals surface area (Å²) in [4.78, 5) is 8.54. The zero-order valence-electron chi connectivity index (χ0n) is 9.71. The summed E-state index contributed by atoms with van der Waals surface area (Å²) < 4.78 is 0. The maximum atomic E-state index is 9.07. The molecule has 0 spiro atoms. The minimum Gasteiger partial charge on any atom is -0.396 e. The highest BCUT2D eigenvalue weighted by atomic mass is 16.3. The predicted octanol–water partition coefficient (Wildman–Crippen LogP) is 1.70. The first-order chi connectivity index (χ1) is 8.35. The zero-order valence-corrected chi connectivity index (χ0v) is 9.71. The lowest BCUT2D eigenvalue weighted by atomic mass is 10.1. The van der Waals surface area contributed by atoms with Gasteiger partial charge < -0.3 is 10.4 Å². The molecule has 17 heavy (non-hydrogen) atoms. The Labute approximate surface area is 101 Å². The molecule has 1 aromatic rings. The molecule has 2 atom stereocenters. The Morgan fingerprint density at radius 1 is 1.29 bits per heavy atom. The van der Waals surface area contributed by atoms with Crippen LogP contribution in [-0.2, 0) is 0 Å². The van der Waals surface area contributed by atoms with E-state index in [1.165, 1.54) is 12.8 Å². The smallest absolute Gasteiger partial charge is 0.130 e. The molecule has 0 radical (unpaired) electrons. The summed E-state index contributed by atoms with van der Waals surface area (Å²) in [6, 6.07) is 2.34. The highest BCUT2D eigenvalue weighted by Gasteiger charge is 2.25. The number of anilines is 1. The normalized spacial score (nSPS) is 27.4. The Morgan fingerprint density at radius 2 is 2.18 bits per heavy atom. The summed E-state index contributed by atoms with van der Waals surface area (Å²) in [6.07, 6.45) is 9.27. The Morgan fingerprint density at radius 3 is 2.88 bits per heavy atom. The van der Waals surface area contributed by atoms with Crippen molar-refractivity contribution in [2.24, 2.45) is 5.92 Å². The van der Waals surface area contributed by atoms with Gasteiger partial charge >= 0.3 is 0 Å². The topological polar surface area (TPSA) is 58.0 Å². The quantitative estimate of drug-likeness (QED) is 0.774. The molecule has 1 heterocycles. The second kappa shape index (κ2) is 4.45. The molecule has 1 fully saturated rings. The van der Waals surface area contributed by atoms with E-state index in [0.29, 0.717) is 5.92 Å². The van der Waals surface area contributed by atoms with Crippen LogP contribution in [0.5, 0.6) is 0 Å². The average molecular weight is 231 g/mol. The van der Waals surface area contributed by atoms with Crippen LogP contribution in [0.1, 0.15) is 30.9 Å². The van der Waals surface area contributed by atoms with Gasteiger partial charge in [0.25, 0.3) is 0 Å². The van der Waals surface area contributed by atoms with Crippen molar-refractivity contribution in [1.82, 2.24) is 9.97 Å². The third kappa shape index (κ3) is 2.47. The minimum absolute atomic E-state index is 0.228. The van der Waals surface area contributed by atoms with E-state index in [-0.39, 0.29) is 18.6 Å². The molecule has 2 aliphatic carbocycles. The maximum absolute atomic E-state index is 9.07. The van der Waals surface area contributed by atoms with Crippen LogP contribution >= 0.6 is 0 Å². The molecule has 90 valence electrons. The third-order valence-electron chi connectivity index (χ3n) is 3.42. The summed E-state index contributed by atoms with van der Waals surface area (Å²) in [7, 11) is 0. The van der Waals surface area contributed by atoms with Crippen molar-refractivity contribution in [2.75, 3.05) is 11.9 Å². The third-order valence-corrected chi connectivity index (χ3v) is 3.42. The number of nitrogens with zero attached hydrogens (tertiary/aromatic N) is 2. The molecule has 0 aliphatic heterocycles. The lowest BCUT2D eigenvalue weighted by Crippen LogP contribution is -2.17. The zero-order chi connectivity index (χ0) is 11.7. The molecular weight excluding hydrogens is 214 g/mol. The second-order valence-electron chi connectivity index (χ2n) is 4.92. The summed E-state index contributed by atoms with van der Waals surface area (Å²) >= 11 is 0. The van der Waals surface area contributed by atoms with Crippen LogP contribution in [0.25, 0.3) is 0 Å². The van der Waals surface area contributed by atoms with Crippen molar-refractivity contribution in [3.8, 4) is 0 Å². The number of aliphatic hydroxyl groups excluding tert-OH is 1. The number of aromatic nitrogens is 2. The molecule has 2 aliphatic rings. The molecule has 1 aromatic heterocycles. The number of nitrogens with one attached hydrogen (secondary N) is 1. The molecule has 0 bridgehead atoms. The van der Waals surface area contributed by atoms with E-state index in [1.807, 2.05) is 0 Å². The Kier molecular flexibility index (Phi) is 2.81. The number of aliphatic hydroxyl groups is 1. The van der Waals surface area contributed by atoms with Gasteiger partial charge in [-0.15, -0.1) is 0 Å². The first-order valence-electron chi connectivity index (χ1n) is 6.23. The molecule has 4 nitrogen and oxygen atoms in total. The van der Waals surface area contributed by atoms with Crippen LogP contribution in [0, 0.1) is 5.92 Å². The summed E-state index contributed by atoms with van der Waals surface area (Å²) in [5.74, 6) is 1.84. The Bertz CT molecular complexity index is 428. The van der Waals surface area contributed by atoms with Crippen molar-refractivity contribution in [3.63, 3.8) is 0 Å². The van der Waals surface area contributed by atoms with E-state index in [1.54, 1.807) is 6.33 Å². The van der Waals surface area contributed by atoms with Gasteiger partial charge in [-0.1, -0.05) is 12.2 Å². The predicted molar refractivity (Wildman–Crippen MR) is 65.8 cm³/mol. The fraction of sp³-hybridized carbons (Fsp3) is 0.538. The van der Waals surface area contributed by atoms with E-state index in [4.69, 9.17) is 5.11 Å². The van der Waals surface area contributed by atoms with E-state index in [2.05, 4.69) is 33.5 Å². The van der Waals surface area contributed by atoms with Gasteiger partial charge in [0.15, 0.2) is 0 Å². The van der Waals surface area contributed by atoms with Crippen LogP contribution < -0.4 is 5.32 Å². The average Bonchev–Trinajstić information content (AvgIpc) is 3.11. The number of hydrogen-bond acceptors (Lipinski definition) is 4. The monoisotopic (exact) mass is 231 g/mol. The van der Waals surface area contributed by atoms with Crippen LogP contribution in [0.15, 0.2) is 24.5 Å². The van der Waals surface area contributed by atoms with Gasteiger partial charge in [0.1, 0.15) is 12.1 Å². The van der Waals surface area contributed by atoms with Crippen molar-refractivity contribution in [1.29, 1.82) is 0 Å². The Balaban J connectivity index is 1.65. The van der Waals surface area contributed by atoms with Crippen molar-refractivity contribution in [2.45, 2.75) is 31.2 Å². The van der Waals surface area contributed by atoms with Crippen LogP contribution in [-0.4, -0.2) is 27.7 Å². The van der Waals surface area contributed by atoms with E-state index in [9.17, 15) is 0 Å². The summed E-state index contributed by atoms with van der Waals surface area (Å²) in [6.45, 7) is 0.228. The number of hydrogen-bond donors (Lipinski definition) is 2. The lowest BCUT2D eigenvalue weighted by Gasteiger charge is -2.13. The fourth-order valence-corrected chi connectivity index (χ4v) is 2.26. The molecule has 0 saturated heterocycles. The molecule has 2 N–H and O–H groups in total. The van der Waals surface area contributed by atoms with Crippen LogP contribution in [0.3, 0.4) is 0 Å². The standard InChI is InChI=1S/C13H17N3O/c17-7-9-1-4-11(5-9)16-13-6-12(10-2-3-10)14-8-15-13/h1,4,6,8-11,17H,2-3,5,7H2,(H,14,15,16)/t9-,11+/m0/s1. The van der Waals surface area contributed by atoms with E-state index in [0.717, 1.165) is 17.9 Å². The minimum atomic E-state index is 0.228. The molecule has 0 amide bonds. The first kappa shape index (κ1) is 10.7. The highest BCUT2D eigenvalue weighted by molar-refractivity contribution is 5.39. The maximum Gasteiger partial charge on any atom is 0.130 e. The van der Waals surface area contributed by atoms with Crippen LogP contribution in [0.4, 0.5) is 5.82 Å². The van der Waals surface area contributed by atoms with E-state index >= 15 is 0 Å². The van der Waals surface area contributed by atoms with Crippen molar-refractivity contribution < 1.29 is 5.11 Å². The lowest BCUT2D eigenvalue weighted by molar-refractivity contribution is 0.250. The molecule has 4 heteroatoms. The number of rotatable bonds is 4. The molecule has 0 aromatic carbocycles. The fourth-order valence-electron chi connectivity index (χ4n) is 2.26. The second-order valence-corrected chi connectivity index (χ2v) is 4.92. The van der Waals surface area contributed by atoms with Gasteiger partial charge in [0.05, 0.1) is 0 Å². The molecule has 1 saturated carbocycles. The largest absolute Gasteiger partial charge is 0.396 e. The van der Waals surface area contributed by atoms with Gasteiger partial charge in [-0.2, -0.15) is 0 Å². The SMILES string of the molecule is OC[C@H]1C=C[C@@H](Nc2cc(C3CC3)ncn2)C1. The van der Waals surface area contributed by atoms with Crippen molar-refractivity contribution in [3.05, 3.63) is 30.2 Å². The summed E-state index contributed by atoms with van der Waals surface area (Å²) in [5, 5.41) is 12.4. The van der Waals surface area contributed by atoms with Gasteiger partial charge in [0, 0.05) is 36.2 Å². The van der Waals surface area contributed by atoms with E-state index < -0.39 is 0 Å². The first-order valence-corrected chi connectivity index (χ1v) is 6.23. The summed E-state index contributed by atoms with van der Waals surface area (Å²) in [5.41, 5.74) is 1.16. The Hall–Kier alpha value is -1.42. The molecule has 0 unspecified atom stereocenters. The highest BCUT2D eigenvalue weighted by Crippen LogP contribution is 2.39. The van der Waals surface area contributed by atoms with Crippen molar-refractivity contribution >= 4 is 5.82 Å². The molecule has 3 rings (SSSR count). The molecular formula is C13H17N3O. The van der Waals surface area contributed by atoms with Crippen LogP contribution in [0.2, 0.25) is 0 Å². The van der Waals surface area contributed by atoms with Gasteiger partial charge in [0.2, 0.25) is 0 Å². The van der Waals surface area contributed by atoms with Gasteiger partial charge in [-0.05, 0) is 19.3 Å². The van der Waals surface area contributed by atoms with Gasteiger partial charge in [-0.25, -0.2) is 9.97 Å².